The van der Waals surface area contributed by atoms with Gasteiger partial charge in [0.2, 0.25) is 0 Å². The molecule has 4 heteroatoms. The van der Waals surface area contributed by atoms with Gasteiger partial charge in [-0.2, -0.15) is 0 Å². The van der Waals surface area contributed by atoms with E-state index < -0.39 is 0 Å². The summed E-state index contributed by atoms with van der Waals surface area (Å²) in [6.07, 6.45) is 4.26. The third-order valence-corrected chi connectivity index (χ3v) is 1.78. The third-order valence-electron chi connectivity index (χ3n) is 0.797. The summed E-state index contributed by atoms with van der Waals surface area (Å²) in [4.78, 5) is 10.2. The van der Waals surface area contributed by atoms with Crippen LogP contribution in [0, 0.1) is 0 Å². The first-order valence-electron chi connectivity index (χ1n) is 2.80. The van der Waals surface area contributed by atoms with Crippen molar-refractivity contribution in [2.75, 3.05) is 24.9 Å². The molecule has 0 bridgehead atoms. The van der Waals surface area contributed by atoms with Gasteiger partial charge >= 0.3 is 5.97 Å². The molecular formula is C6H13IO2S. The Morgan fingerprint density at radius 2 is 2.00 bits per heavy atom. The van der Waals surface area contributed by atoms with Gasteiger partial charge in [-0.15, -0.1) is 0 Å². The van der Waals surface area contributed by atoms with Gasteiger partial charge in [0.1, 0.15) is 12.4 Å². The Labute approximate surface area is 82.1 Å². The van der Waals surface area contributed by atoms with Gasteiger partial charge in [0, 0.05) is 6.92 Å². The molecule has 0 fully saturated rings. The Kier molecular flexibility index (Phi) is 10.1. The van der Waals surface area contributed by atoms with Crippen LogP contribution in [0.2, 0.25) is 0 Å². The van der Waals surface area contributed by atoms with Crippen molar-refractivity contribution in [2.45, 2.75) is 6.92 Å². The number of carbonyl (C=O) groups excluding carboxylic acids is 1. The van der Waals surface area contributed by atoms with Crippen LogP contribution in [-0.2, 0) is 20.4 Å². The van der Waals surface area contributed by atoms with Gasteiger partial charge in [-0.25, -0.2) is 0 Å². The summed E-state index contributed by atoms with van der Waals surface area (Å²) in [5, 5.41) is 0. The third kappa shape index (κ3) is 11.4. The number of hydrogen-bond donors (Lipinski definition) is 0. The van der Waals surface area contributed by atoms with Gasteiger partial charge in [-0.3, -0.25) is 4.79 Å². The van der Waals surface area contributed by atoms with E-state index >= 15 is 0 Å². The van der Waals surface area contributed by atoms with E-state index in [2.05, 4.69) is 12.5 Å². The van der Waals surface area contributed by atoms with Gasteiger partial charge in [-0.05, 0) is 10.9 Å². The second-order valence-corrected chi connectivity index (χ2v) is 4.41. The average molecular weight is 276 g/mol. The Hall–Kier alpha value is 0.550. The van der Waals surface area contributed by atoms with Crippen LogP contribution in [0.1, 0.15) is 6.92 Å². The van der Waals surface area contributed by atoms with E-state index in [1.54, 1.807) is 0 Å². The molecule has 0 amide bonds. The van der Waals surface area contributed by atoms with Crippen LogP contribution in [0.25, 0.3) is 0 Å². The molecule has 10 heavy (non-hydrogen) atoms. The Morgan fingerprint density at radius 1 is 1.50 bits per heavy atom. The Morgan fingerprint density at radius 3 is 2.30 bits per heavy atom. The fourth-order valence-corrected chi connectivity index (χ4v) is 0.769. The summed E-state index contributed by atoms with van der Waals surface area (Å²) >= 11 is 0. The molecule has 0 spiro atoms. The molecule has 0 radical (unpaired) electrons. The van der Waals surface area contributed by atoms with E-state index in [1.165, 1.54) is 6.92 Å². The predicted molar refractivity (Wildman–Crippen MR) is 40.7 cm³/mol. The van der Waals surface area contributed by atoms with Crippen molar-refractivity contribution in [1.82, 2.24) is 0 Å². The summed E-state index contributed by atoms with van der Waals surface area (Å²) in [6.45, 7) is 2.01. The van der Waals surface area contributed by atoms with Crippen molar-refractivity contribution in [2.24, 2.45) is 0 Å². The second kappa shape index (κ2) is 7.65. The zero-order chi connectivity index (χ0) is 7.28. The summed E-state index contributed by atoms with van der Waals surface area (Å²) in [5.41, 5.74) is 0. The van der Waals surface area contributed by atoms with Crippen molar-refractivity contribution in [3.8, 4) is 0 Å². The molecule has 0 aromatic rings. The monoisotopic (exact) mass is 276 g/mol. The van der Waals surface area contributed by atoms with E-state index in [-0.39, 0.29) is 29.9 Å². The predicted octanol–water partition coefficient (Wildman–Crippen LogP) is -2.57. The van der Waals surface area contributed by atoms with Crippen LogP contribution in [0.3, 0.4) is 0 Å². The number of esters is 1. The average Bonchev–Trinajstić information content (AvgIpc) is 1.63. The zero-order valence-electron chi connectivity index (χ0n) is 6.52. The molecule has 0 aliphatic rings. The van der Waals surface area contributed by atoms with Crippen molar-refractivity contribution >= 4 is 16.9 Å². The fraction of sp³-hybridized carbons (Fsp3) is 0.833. The first-order valence-corrected chi connectivity index (χ1v) is 5.01. The number of halogens is 1. The quantitative estimate of drug-likeness (QED) is 0.322. The second-order valence-electron chi connectivity index (χ2n) is 2.03. The maximum atomic E-state index is 10.2. The van der Waals surface area contributed by atoms with E-state index in [0.717, 1.165) is 5.75 Å². The maximum absolute atomic E-state index is 10.2. The van der Waals surface area contributed by atoms with Crippen LogP contribution in [0.4, 0.5) is 0 Å². The van der Waals surface area contributed by atoms with Crippen LogP contribution in [-0.4, -0.2) is 30.8 Å². The molecule has 0 saturated heterocycles. The molecule has 0 rings (SSSR count). The summed E-state index contributed by atoms with van der Waals surface area (Å²) in [7, 11) is 0.391. The largest absolute Gasteiger partial charge is 1.00 e. The molecule has 0 heterocycles. The lowest BCUT2D eigenvalue weighted by atomic mass is 10.8. The van der Waals surface area contributed by atoms with Gasteiger partial charge in [-0.1, -0.05) is 0 Å². The molecule has 0 aliphatic heterocycles. The number of hydrogen-bond acceptors (Lipinski definition) is 2. The molecule has 0 N–H and O–H groups in total. The highest BCUT2D eigenvalue weighted by atomic mass is 127. The molecule has 62 valence electrons. The maximum Gasteiger partial charge on any atom is 0.302 e. The van der Waals surface area contributed by atoms with E-state index in [0.29, 0.717) is 17.5 Å². The molecule has 0 atom stereocenters. The lowest BCUT2D eigenvalue weighted by Crippen LogP contribution is -3.00. The first-order chi connectivity index (χ1) is 4.13. The highest BCUT2D eigenvalue weighted by Crippen LogP contribution is 1.84. The number of rotatable bonds is 3. The Bertz CT molecular complexity index is 95.7. The van der Waals surface area contributed by atoms with Gasteiger partial charge in [0.25, 0.3) is 0 Å². The SMILES string of the molecule is CC(=O)OCC[S+](C)C.[I-]. The lowest BCUT2D eigenvalue weighted by Gasteiger charge is -1.97. The summed E-state index contributed by atoms with van der Waals surface area (Å²) in [5.74, 6) is 0.806. The van der Waals surface area contributed by atoms with Crippen molar-refractivity contribution < 1.29 is 33.5 Å². The van der Waals surface area contributed by atoms with Crippen LogP contribution in [0.5, 0.6) is 0 Å². The van der Waals surface area contributed by atoms with Crippen molar-refractivity contribution in [3.63, 3.8) is 0 Å². The number of ether oxygens (including phenoxy) is 1. The molecule has 0 saturated carbocycles. The van der Waals surface area contributed by atoms with Crippen LogP contribution >= 0.6 is 0 Å². The molecule has 2 nitrogen and oxygen atoms in total. The smallest absolute Gasteiger partial charge is 0.302 e. The minimum absolute atomic E-state index is 0. The molecule has 0 aromatic carbocycles. The van der Waals surface area contributed by atoms with Gasteiger partial charge < -0.3 is 28.7 Å². The van der Waals surface area contributed by atoms with E-state index in [1.807, 2.05) is 0 Å². The lowest BCUT2D eigenvalue weighted by molar-refractivity contribution is -0.140. The van der Waals surface area contributed by atoms with Gasteiger partial charge in [0.15, 0.2) is 0 Å². The first kappa shape index (κ1) is 13.2. The van der Waals surface area contributed by atoms with Crippen molar-refractivity contribution in [1.29, 1.82) is 0 Å². The summed E-state index contributed by atoms with van der Waals surface area (Å²) in [6, 6.07) is 0. The van der Waals surface area contributed by atoms with Crippen LogP contribution < -0.4 is 24.0 Å². The minimum Gasteiger partial charge on any atom is -1.00 e. The highest BCUT2D eigenvalue weighted by molar-refractivity contribution is 7.95. The zero-order valence-corrected chi connectivity index (χ0v) is 9.49. The van der Waals surface area contributed by atoms with E-state index in [4.69, 9.17) is 4.74 Å². The Balaban J connectivity index is 0. The fourth-order valence-electron chi connectivity index (χ4n) is 0.352. The molecule has 0 unspecified atom stereocenters. The minimum atomic E-state index is -0.180. The van der Waals surface area contributed by atoms with Crippen molar-refractivity contribution in [3.05, 3.63) is 0 Å². The molecular weight excluding hydrogens is 263 g/mol. The molecule has 0 aliphatic carbocycles. The topological polar surface area (TPSA) is 26.3 Å². The van der Waals surface area contributed by atoms with Gasteiger partial charge in [0.05, 0.1) is 12.5 Å². The van der Waals surface area contributed by atoms with Crippen LogP contribution in [0.15, 0.2) is 0 Å². The summed E-state index contributed by atoms with van der Waals surface area (Å²) < 4.78 is 4.72. The standard InChI is InChI=1S/C6H13O2S.HI/c1-6(7)8-4-5-9(2)3;/h4-5H2,1-3H3;1H/q+1;/p-1. The van der Waals surface area contributed by atoms with E-state index in [9.17, 15) is 4.79 Å². The number of carbonyl (C=O) groups is 1. The highest BCUT2D eigenvalue weighted by Gasteiger charge is 2.01. The normalized spacial score (nSPS) is 8.80. The molecule has 0 aromatic heterocycles.